The van der Waals surface area contributed by atoms with Crippen molar-refractivity contribution in [2.45, 2.75) is 57.5 Å². The van der Waals surface area contributed by atoms with Crippen LogP contribution in [-0.2, 0) is 0 Å². The minimum absolute atomic E-state index is 0.0685. The zero-order valence-electron chi connectivity index (χ0n) is 13.6. The lowest BCUT2D eigenvalue weighted by Crippen LogP contribution is -2.13. The Morgan fingerprint density at radius 1 is 1.09 bits per heavy atom. The van der Waals surface area contributed by atoms with Gasteiger partial charge in [0.05, 0.1) is 0 Å². The van der Waals surface area contributed by atoms with E-state index in [9.17, 15) is 13.2 Å². The molecule has 0 heterocycles. The van der Waals surface area contributed by atoms with Crippen LogP contribution in [-0.4, -0.2) is 12.8 Å². The molecule has 0 saturated heterocycles. The molecule has 0 aromatic heterocycles. The zero-order valence-corrected chi connectivity index (χ0v) is 13.6. The molecule has 0 atom stereocenters. The minimum atomic E-state index is -4.27. The molecular formula is C19H25F3O. The number of allylic oxidation sites excluding steroid dienone is 1. The quantitative estimate of drug-likeness (QED) is 0.561. The minimum Gasteiger partial charge on any atom is -0.490 e. The molecule has 0 aliphatic heterocycles. The number of halogens is 3. The Bertz CT molecular complexity index is 482. The predicted molar refractivity (Wildman–Crippen MR) is 86.7 cm³/mol. The summed E-state index contributed by atoms with van der Waals surface area (Å²) in [4.78, 5) is 0. The first kappa shape index (κ1) is 17.9. The van der Waals surface area contributed by atoms with E-state index in [1.807, 2.05) is 24.3 Å². The molecular weight excluding hydrogens is 301 g/mol. The summed E-state index contributed by atoms with van der Waals surface area (Å²) in [6.45, 7) is 2.18. The smallest absolute Gasteiger partial charge is 0.409 e. The van der Waals surface area contributed by atoms with Crippen molar-refractivity contribution >= 4 is 0 Å². The summed E-state index contributed by atoms with van der Waals surface area (Å²) in [7, 11) is 0. The van der Waals surface area contributed by atoms with E-state index < -0.39 is 6.18 Å². The molecule has 0 amide bonds. The fourth-order valence-electron chi connectivity index (χ4n) is 3.36. The number of ether oxygens (including phenoxy) is 1. The largest absolute Gasteiger partial charge is 0.490 e. The fraction of sp³-hybridized carbons (Fsp3) is 0.579. The second-order valence-corrected chi connectivity index (χ2v) is 6.33. The molecule has 0 N–H and O–H groups in total. The van der Waals surface area contributed by atoms with Gasteiger partial charge in [0.15, 0.2) is 0 Å². The van der Waals surface area contributed by atoms with Crippen LogP contribution in [0.4, 0.5) is 13.2 Å². The van der Waals surface area contributed by atoms with Crippen molar-refractivity contribution in [3.8, 4) is 5.75 Å². The van der Waals surface area contributed by atoms with E-state index in [2.05, 4.69) is 6.92 Å². The van der Waals surface area contributed by atoms with Crippen LogP contribution in [0.15, 0.2) is 36.4 Å². The van der Waals surface area contributed by atoms with E-state index in [4.69, 9.17) is 4.74 Å². The van der Waals surface area contributed by atoms with Crippen molar-refractivity contribution in [2.24, 2.45) is 5.92 Å². The van der Waals surface area contributed by atoms with E-state index in [0.717, 1.165) is 12.0 Å². The first-order valence-electron chi connectivity index (χ1n) is 8.45. The molecule has 0 radical (unpaired) electrons. The Hall–Kier alpha value is -1.45. The number of hydrogen-bond donors (Lipinski definition) is 0. The van der Waals surface area contributed by atoms with Crippen molar-refractivity contribution in [2.75, 3.05) is 6.61 Å². The first-order valence-corrected chi connectivity index (χ1v) is 8.45. The van der Waals surface area contributed by atoms with E-state index in [0.29, 0.717) is 11.7 Å². The third-order valence-electron chi connectivity index (χ3n) is 4.55. The molecule has 2 rings (SSSR count). The van der Waals surface area contributed by atoms with Crippen molar-refractivity contribution in [3.63, 3.8) is 0 Å². The number of alkyl halides is 3. The summed E-state index contributed by atoms with van der Waals surface area (Å²) in [6.07, 6.45) is 4.61. The molecule has 1 aromatic rings. The van der Waals surface area contributed by atoms with Crippen LogP contribution < -0.4 is 4.74 Å². The summed E-state index contributed by atoms with van der Waals surface area (Å²) >= 11 is 0. The van der Waals surface area contributed by atoms with Gasteiger partial charge in [-0.3, -0.25) is 0 Å². The Labute approximate surface area is 136 Å². The standard InChI is InChI=1S/C19H25F3O/c1-2-4-15-5-7-16(8-6-15)17-9-11-18(12-10-17)23-14-3-13-19(20,21)22/h3,9-13,15-16H,2,4-8,14H2,1H3/t15-,16-. The summed E-state index contributed by atoms with van der Waals surface area (Å²) in [5.74, 6) is 2.11. The average molecular weight is 326 g/mol. The highest BCUT2D eigenvalue weighted by atomic mass is 19.4. The van der Waals surface area contributed by atoms with Crippen LogP contribution in [0.2, 0.25) is 0 Å². The summed E-state index contributed by atoms with van der Waals surface area (Å²) in [5.41, 5.74) is 1.32. The molecule has 1 aromatic carbocycles. The Kier molecular flexibility index (Phi) is 6.55. The lowest BCUT2D eigenvalue weighted by molar-refractivity contribution is -0.0801. The van der Waals surface area contributed by atoms with E-state index >= 15 is 0 Å². The molecule has 1 saturated carbocycles. The van der Waals surface area contributed by atoms with Gasteiger partial charge in [-0.1, -0.05) is 31.9 Å². The molecule has 1 aliphatic rings. The van der Waals surface area contributed by atoms with Gasteiger partial charge in [0.1, 0.15) is 12.4 Å². The van der Waals surface area contributed by atoms with Crippen molar-refractivity contribution < 1.29 is 17.9 Å². The normalized spacial score (nSPS) is 22.4. The monoisotopic (exact) mass is 326 g/mol. The Morgan fingerprint density at radius 3 is 2.30 bits per heavy atom. The molecule has 0 unspecified atom stereocenters. The third kappa shape index (κ3) is 6.28. The highest BCUT2D eigenvalue weighted by Gasteiger charge is 2.22. The van der Waals surface area contributed by atoms with Gasteiger partial charge in [0, 0.05) is 6.08 Å². The van der Waals surface area contributed by atoms with Crippen LogP contribution in [0, 0.1) is 5.92 Å². The average Bonchev–Trinajstić information content (AvgIpc) is 2.52. The lowest BCUT2D eigenvalue weighted by atomic mass is 9.77. The maximum absolute atomic E-state index is 12.0. The molecule has 1 nitrogen and oxygen atoms in total. The maximum atomic E-state index is 12.0. The van der Waals surface area contributed by atoms with Crippen LogP contribution in [0.1, 0.15) is 56.9 Å². The third-order valence-corrected chi connectivity index (χ3v) is 4.55. The number of benzene rings is 1. The zero-order chi connectivity index (χ0) is 16.7. The Morgan fingerprint density at radius 2 is 1.74 bits per heavy atom. The first-order chi connectivity index (χ1) is 11.0. The molecule has 0 spiro atoms. The molecule has 1 aliphatic carbocycles. The molecule has 0 bridgehead atoms. The second-order valence-electron chi connectivity index (χ2n) is 6.33. The summed E-state index contributed by atoms with van der Waals surface area (Å²) in [5, 5.41) is 0. The Balaban J connectivity index is 1.80. The summed E-state index contributed by atoms with van der Waals surface area (Å²) in [6, 6.07) is 7.81. The molecule has 23 heavy (non-hydrogen) atoms. The van der Waals surface area contributed by atoms with Crippen LogP contribution in [0.25, 0.3) is 0 Å². The highest BCUT2D eigenvalue weighted by molar-refractivity contribution is 5.29. The molecule has 1 fully saturated rings. The predicted octanol–water partition coefficient (Wildman–Crippen LogP) is 6.26. The van der Waals surface area contributed by atoms with Crippen molar-refractivity contribution in [3.05, 3.63) is 42.0 Å². The van der Waals surface area contributed by atoms with Gasteiger partial charge in [0.25, 0.3) is 0 Å². The van der Waals surface area contributed by atoms with Gasteiger partial charge < -0.3 is 4.74 Å². The summed E-state index contributed by atoms with van der Waals surface area (Å²) < 4.78 is 41.2. The fourth-order valence-corrected chi connectivity index (χ4v) is 3.36. The molecule has 4 heteroatoms. The highest BCUT2D eigenvalue weighted by Crippen LogP contribution is 2.37. The topological polar surface area (TPSA) is 9.23 Å². The van der Waals surface area contributed by atoms with Crippen molar-refractivity contribution in [1.29, 1.82) is 0 Å². The van der Waals surface area contributed by atoms with Gasteiger partial charge in [-0.05, 0) is 61.3 Å². The maximum Gasteiger partial charge on any atom is 0.409 e. The van der Waals surface area contributed by atoms with E-state index in [1.165, 1.54) is 44.1 Å². The van der Waals surface area contributed by atoms with Crippen LogP contribution >= 0.6 is 0 Å². The van der Waals surface area contributed by atoms with E-state index in [1.54, 1.807) is 0 Å². The second kappa shape index (κ2) is 8.42. The van der Waals surface area contributed by atoms with Crippen molar-refractivity contribution in [1.82, 2.24) is 0 Å². The molecule has 128 valence electrons. The van der Waals surface area contributed by atoms with Gasteiger partial charge in [0.2, 0.25) is 0 Å². The van der Waals surface area contributed by atoms with Gasteiger partial charge in [-0.2, -0.15) is 13.2 Å². The number of rotatable bonds is 6. The van der Waals surface area contributed by atoms with Gasteiger partial charge in [-0.25, -0.2) is 0 Å². The van der Waals surface area contributed by atoms with Crippen LogP contribution in [0.5, 0.6) is 5.75 Å². The number of hydrogen-bond acceptors (Lipinski definition) is 1. The van der Waals surface area contributed by atoms with E-state index in [-0.39, 0.29) is 12.7 Å². The lowest BCUT2D eigenvalue weighted by Gasteiger charge is -2.28. The van der Waals surface area contributed by atoms with Gasteiger partial charge >= 0.3 is 6.18 Å². The van der Waals surface area contributed by atoms with Crippen LogP contribution in [0.3, 0.4) is 0 Å². The van der Waals surface area contributed by atoms with Gasteiger partial charge in [-0.15, -0.1) is 0 Å². The SMILES string of the molecule is CCC[C@H]1CC[C@H](c2ccc(OCC=CC(F)(F)F)cc2)CC1.